The number of hydrogen-bond donors (Lipinski definition) is 3. The first kappa shape index (κ1) is 13.2. The average molecular weight is 269 g/mol. The molecular weight excluding hydrogens is 252 g/mol. The first-order valence-corrected chi connectivity index (χ1v) is 6.54. The van der Waals surface area contributed by atoms with E-state index in [1.165, 1.54) is 18.2 Å². The van der Waals surface area contributed by atoms with Gasteiger partial charge in [0.25, 0.3) is 5.91 Å². The summed E-state index contributed by atoms with van der Waals surface area (Å²) in [6.07, 6.45) is 3.21. The topological polar surface area (TPSA) is 61.4 Å². The van der Waals surface area contributed by atoms with Gasteiger partial charge in [-0.2, -0.15) is 0 Å². The maximum atomic E-state index is 12.1. The maximum absolute atomic E-state index is 12.1. The lowest BCUT2D eigenvalue weighted by molar-refractivity contribution is 0.0935. The third-order valence-corrected chi connectivity index (χ3v) is 3.41. The third kappa shape index (κ3) is 3.37. The number of carbonyl (C=O) groups is 1. The second-order valence-electron chi connectivity index (χ2n) is 4.53. The van der Waals surface area contributed by atoms with Gasteiger partial charge in [0.05, 0.1) is 10.6 Å². The molecule has 2 rings (SSSR count). The van der Waals surface area contributed by atoms with Crippen LogP contribution in [0.3, 0.4) is 0 Å². The van der Waals surface area contributed by atoms with Gasteiger partial charge >= 0.3 is 0 Å². The van der Waals surface area contributed by atoms with Crippen LogP contribution in [0.4, 0.5) is 0 Å². The SMILES string of the molecule is O=C(NC1CCCCNC1)c1cc(O)ccc1Cl. The van der Waals surface area contributed by atoms with E-state index in [-0.39, 0.29) is 17.7 Å². The van der Waals surface area contributed by atoms with Gasteiger partial charge in [0, 0.05) is 12.6 Å². The third-order valence-electron chi connectivity index (χ3n) is 3.08. The fourth-order valence-electron chi connectivity index (χ4n) is 2.09. The number of benzene rings is 1. The minimum absolute atomic E-state index is 0.0449. The van der Waals surface area contributed by atoms with Crippen molar-refractivity contribution in [3.8, 4) is 5.75 Å². The van der Waals surface area contributed by atoms with Crippen LogP contribution in [-0.4, -0.2) is 30.1 Å². The second kappa shape index (κ2) is 6.07. The summed E-state index contributed by atoms with van der Waals surface area (Å²) in [5.41, 5.74) is 0.320. The van der Waals surface area contributed by atoms with Crippen LogP contribution in [0.1, 0.15) is 29.6 Å². The fraction of sp³-hybridized carbons (Fsp3) is 0.462. The molecule has 0 saturated carbocycles. The minimum Gasteiger partial charge on any atom is -0.508 e. The molecule has 0 radical (unpaired) electrons. The summed E-state index contributed by atoms with van der Waals surface area (Å²) in [6, 6.07) is 4.50. The van der Waals surface area contributed by atoms with Gasteiger partial charge in [-0.3, -0.25) is 4.79 Å². The molecule has 1 aliphatic rings. The van der Waals surface area contributed by atoms with Gasteiger partial charge in [0.1, 0.15) is 5.75 Å². The van der Waals surface area contributed by atoms with E-state index in [0.717, 1.165) is 32.4 Å². The molecular formula is C13H17ClN2O2. The number of halogens is 1. The van der Waals surface area contributed by atoms with Crippen molar-refractivity contribution in [1.82, 2.24) is 10.6 Å². The lowest BCUT2D eigenvalue weighted by Gasteiger charge is -2.16. The van der Waals surface area contributed by atoms with E-state index >= 15 is 0 Å². The van der Waals surface area contributed by atoms with Gasteiger partial charge < -0.3 is 15.7 Å². The normalized spacial score (nSPS) is 20.2. The highest BCUT2D eigenvalue weighted by Crippen LogP contribution is 2.21. The van der Waals surface area contributed by atoms with Crippen molar-refractivity contribution in [3.05, 3.63) is 28.8 Å². The Bertz CT molecular complexity index is 429. The minimum atomic E-state index is -0.232. The van der Waals surface area contributed by atoms with E-state index in [2.05, 4.69) is 10.6 Å². The van der Waals surface area contributed by atoms with Gasteiger partial charge in [-0.15, -0.1) is 0 Å². The number of phenols is 1. The van der Waals surface area contributed by atoms with Crippen molar-refractivity contribution in [3.63, 3.8) is 0 Å². The van der Waals surface area contributed by atoms with Crippen LogP contribution in [-0.2, 0) is 0 Å². The molecule has 0 aliphatic carbocycles. The van der Waals surface area contributed by atoms with E-state index in [1.807, 2.05) is 0 Å². The molecule has 3 N–H and O–H groups in total. The number of carbonyl (C=O) groups excluding carboxylic acids is 1. The van der Waals surface area contributed by atoms with E-state index in [4.69, 9.17) is 11.6 Å². The molecule has 1 aliphatic heterocycles. The number of phenolic OH excluding ortho intramolecular Hbond substituents is 1. The second-order valence-corrected chi connectivity index (χ2v) is 4.94. The van der Waals surface area contributed by atoms with Gasteiger partial charge in [-0.05, 0) is 37.6 Å². The Kier molecular flexibility index (Phi) is 4.44. The Morgan fingerprint density at radius 1 is 1.44 bits per heavy atom. The zero-order valence-electron chi connectivity index (χ0n) is 10.1. The van der Waals surface area contributed by atoms with Crippen LogP contribution in [0.25, 0.3) is 0 Å². The molecule has 1 aromatic carbocycles. The molecule has 1 saturated heterocycles. The zero-order chi connectivity index (χ0) is 13.0. The van der Waals surface area contributed by atoms with Gasteiger partial charge in [-0.1, -0.05) is 18.0 Å². The highest BCUT2D eigenvalue weighted by molar-refractivity contribution is 6.33. The summed E-state index contributed by atoms with van der Waals surface area (Å²) in [4.78, 5) is 12.1. The quantitative estimate of drug-likeness (QED) is 0.768. The highest BCUT2D eigenvalue weighted by Gasteiger charge is 2.17. The summed E-state index contributed by atoms with van der Waals surface area (Å²) >= 11 is 5.95. The van der Waals surface area contributed by atoms with Gasteiger partial charge in [0.2, 0.25) is 0 Å². The monoisotopic (exact) mass is 268 g/mol. The number of aromatic hydroxyl groups is 1. The van der Waals surface area contributed by atoms with E-state index in [0.29, 0.717) is 10.6 Å². The Morgan fingerprint density at radius 3 is 3.11 bits per heavy atom. The van der Waals surface area contributed by atoms with Crippen molar-refractivity contribution in [2.45, 2.75) is 25.3 Å². The molecule has 1 amide bonds. The van der Waals surface area contributed by atoms with E-state index in [9.17, 15) is 9.90 Å². The summed E-state index contributed by atoms with van der Waals surface area (Å²) in [7, 11) is 0. The van der Waals surface area contributed by atoms with Crippen LogP contribution in [0.5, 0.6) is 5.75 Å². The molecule has 1 aromatic rings. The van der Waals surface area contributed by atoms with Gasteiger partial charge in [-0.25, -0.2) is 0 Å². The predicted molar refractivity (Wildman–Crippen MR) is 71.1 cm³/mol. The Balaban J connectivity index is 2.04. The largest absolute Gasteiger partial charge is 0.508 e. The van der Waals surface area contributed by atoms with E-state index < -0.39 is 0 Å². The molecule has 18 heavy (non-hydrogen) atoms. The standard InChI is InChI=1S/C13H17ClN2O2/c14-12-5-4-10(17)7-11(12)13(18)16-9-3-1-2-6-15-8-9/h4-5,7,9,15,17H,1-3,6,8H2,(H,16,18). The fourth-order valence-corrected chi connectivity index (χ4v) is 2.30. The molecule has 4 nitrogen and oxygen atoms in total. The Hall–Kier alpha value is -1.26. The average Bonchev–Trinajstić information content (AvgIpc) is 2.61. The summed E-state index contributed by atoms with van der Waals surface area (Å²) in [6.45, 7) is 1.78. The van der Waals surface area contributed by atoms with Crippen molar-refractivity contribution < 1.29 is 9.90 Å². The van der Waals surface area contributed by atoms with Crippen LogP contribution >= 0.6 is 11.6 Å². The van der Waals surface area contributed by atoms with Crippen LogP contribution < -0.4 is 10.6 Å². The first-order chi connectivity index (χ1) is 8.66. The van der Waals surface area contributed by atoms with Crippen molar-refractivity contribution in [1.29, 1.82) is 0 Å². The number of nitrogens with one attached hydrogen (secondary N) is 2. The van der Waals surface area contributed by atoms with Crippen LogP contribution in [0.15, 0.2) is 18.2 Å². The number of hydrogen-bond acceptors (Lipinski definition) is 3. The van der Waals surface area contributed by atoms with E-state index in [1.54, 1.807) is 0 Å². The Labute approximate surface area is 111 Å². The molecule has 0 spiro atoms. The van der Waals surface area contributed by atoms with Gasteiger partial charge in [0.15, 0.2) is 0 Å². The number of amides is 1. The molecule has 0 bridgehead atoms. The van der Waals surface area contributed by atoms with Crippen LogP contribution in [0.2, 0.25) is 5.02 Å². The molecule has 0 aromatic heterocycles. The first-order valence-electron chi connectivity index (χ1n) is 6.17. The highest BCUT2D eigenvalue weighted by atomic mass is 35.5. The van der Waals surface area contributed by atoms with Crippen LogP contribution in [0, 0.1) is 0 Å². The molecule has 5 heteroatoms. The molecule has 1 heterocycles. The smallest absolute Gasteiger partial charge is 0.253 e. The lowest BCUT2D eigenvalue weighted by Crippen LogP contribution is -2.40. The van der Waals surface area contributed by atoms with Crippen molar-refractivity contribution in [2.75, 3.05) is 13.1 Å². The van der Waals surface area contributed by atoms with Crippen molar-refractivity contribution >= 4 is 17.5 Å². The maximum Gasteiger partial charge on any atom is 0.253 e. The molecule has 1 unspecified atom stereocenters. The lowest BCUT2D eigenvalue weighted by atomic mass is 10.1. The van der Waals surface area contributed by atoms with Crippen molar-refractivity contribution in [2.24, 2.45) is 0 Å². The zero-order valence-corrected chi connectivity index (χ0v) is 10.8. The summed E-state index contributed by atoms with van der Waals surface area (Å²) in [5, 5.41) is 16.0. The molecule has 98 valence electrons. The Morgan fingerprint density at radius 2 is 2.28 bits per heavy atom. The predicted octanol–water partition coefficient (Wildman–Crippen LogP) is 1.92. The summed E-state index contributed by atoms with van der Waals surface area (Å²) < 4.78 is 0. The number of rotatable bonds is 2. The molecule has 1 atom stereocenters. The summed E-state index contributed by atoms with van der Waals surface area (Å²) in [5.74, 6) is -0.187. The molecule has 1 fully saturated rings.